The zero-order valence-corrected chi connectivity index (χ0v) is 14.6. The second kappa shape index (κ2) is 7.45. The van der Waals surface area contributed by atoms with Gasteiger partial charge >= 0.3 is 0 Å². The topological polar surface area (TPSA) is 66.4 Å². The summed E-state index contributed by atoms with van der Waals surface area (Å²) < 4.78 is 12.3. The highest BCUT2D eigenvalue weighted by Crippen LogP contribution is 2.19. The van der Waals surface area contributed by atoms with Crippen LogP contribution < -0.4 is 5.32 Å². The van der Waals surface area contributed by atoms with Crippen molar-refractivity contribution in [2.24, 2.45) is 0 Å². The highest BCUT2D eigenvalue weighted by molar-refractivity contribution is 7.85. The van der Waals surface area contributed by atoms with Gasteiger partial charge in [-0.2, -0.15) is 0 Å². The van der Waals surface area contributed by atoms with Crippen molar-refractivity contribution in [2.75, 3.05) is 11.1 Å². The van der Waals surface area contributed by atoms with Crippen LogP contribution in [0.1, 0.15) is 6.92 Å². The van der Waals surface area contributed by atoms with E-state index in [9.17, 15) is 14.1 Å². The average molecular weight is 372 g/mol. The maximum Gasteiger partial charge on any atom is 0.257 e. The lowest BCUT2D eigenvalue weighted by Gasteiger charge is -2.22. The largest absolute Gasteiger partial charge is 0.379 e. The van der Waals surface area contributed by atoms with Crippen LogP contribution in [0.2, 0.25) is 10.0 Å². The molecule has 7 heteroatoms. The summed E-state index contributed by atoms with van der Waals surface area (Å²) in [5.74, 6) is -0.865. The Bertz CT molecular complexity index is 715. The van der Waals surface area contributed by atoms with Gasteiger partial charge in [-0.05, 0) is 55.5 Å². The van der Waals surface area contributed by atoms with Gasteiger partial charge in [-0.1, -0.05) is 23.2 Å². The van der Waals surface area contributed by atoms with E-state index in [0.717, 1.165) is 0 Å². The molecular formula is C16H15Cl2NO3S. The molecule has 0 aromatic heterocycles. The Labute approximate surface area is 146 Å². The van der Waals surface area contributed by atoms with Crippen LogP contribution in [0.25, 0.3) is 0 Å². The van der Waals surface area contributed by atoms with Crippen molar-refractivity contribution in [1.82, 2.24) is 0 Å². The number of amides is 1. The van der Waals surface area contributed by atoms with Gasteiger partial charge in [0, 0.05) is 20.6 Å². The summed E-state index contributed by atoms with van der Waals surface area (Å²) in [4.78, 5) is 12.7. The molecule has 23 heavy (non-hydrogen) atoms. The molecule has 0 heterocycles. The molecule has 122 valence electrons. The first-order valence-electron chi connectivity index (χ1n) is 6.71. The van der Waals surface area contributed by atoms with Gasteiger partial charge in [0.15, 0.2) is 5.60 Å². The van der Waals surface area contributed by atoms with Gasteiger partial charge in [-0.3, -0.25) is 9.00 Å². The average Bonchev–Trinajstić information content (AvgIpc) is 2.49. The minimum atomic E-state index is -1.79. The SMILES string of the molecule is C[C@](O)(C[S@@](=O)c1ccc(Cl)cc1)C(=O)Nc1ccc(Cl)cc1. The summed E-state index contributed by atoms with van der Waals surface area (Å²) >= 11 is 11.6. The fraction of sp³-hybridized carbons (Fsp3) is 0.188. The molecule has 0 spiro atoms. The molecular weight excluding hydrogens is 357 g/mol. The lowest BCUT2D eigenvalue weighted by molar-refractivity contribution is -0.130. The molecule has 0 aliphatic carbocycles. The molecule has 2 rings (SSSR count). The van der Waals surface area contributed by atoms with Crippen molar-refractivity contribution >= 4 is 45.6 Å². The maximum absolute atomic E-state index is 12.3. The fourth-order valence-electron chi connectivity index (χ4n) is 1.79. The van der Waals surface area contributed by atoms with Gasteiger partial charge in [0.1, 0.15) is 0 Å². The van der Waals surface area contributed by atoms with Crippen molar-refractivity contribution in [1.29, 1.82) is 0 Å². The molecule has 1 amide bonds. The first kappa shape index (κ1) is 17.9. The summed E-state index contributed by atoms with van der Waals surface area (Å²) in [5, 5.41) is 14.0. The number of rotatable bonds is 5. The zero-order chi connectivity index (χ0) is 17.0. The molecule has 0 unspecified atom stereocenters. The highest BCUT2D eigenvalue weighted by atomic mass is 35.5. The smallest absolute Gasteiger partial charge is 0.257 e. The molecule has 0 saturated carbocycles. The highest BCUT2D eigenvalue weighted by Gasteiger charge is 2.33. The first-order chi connectivity index (χ1) is 10.8. The molecule has 0 aliphatic heterocycles. The Hall–Kier alpha value is -1.40. The fourth-order valence-corrected chi connectivity index (χ4v) is 3.29. The van der Waals surface area contributed by atoms with Gasteiger partial charge in [-0.15, -0.1) is 0 Å². The summed E-state index contributed by atoms with van der Waals surface area (Å²) in [6, 6.07) is 12.9. The summed E-state index contributed by atoms with van der Waals surface area (Å²) in [5.41, 5.74) is -1.29. The molecule has 0 bridgehead atoms. The minimum Gasteiger partial charge on any atom is -0.379 e. The van der Waals surface area contributed by atoms with Crippen LogP contribution in [0, 0.1) is 0 Å². The predicted molar refractivity (Wildman–Crippen MR) is 93.4 cm³/mol. The van der Waals surface area contributed by atoms with Crippen LogP contribution >= 0.6 is 23.2 Å². The number of anilines is 1. The van der Waals surface area contributed by atoms with E-state index < -0.39 is 22.3 Å². The Morgan fingerprint density at radius 1 is 1.09 bits per heavy atom. The predicted octanol–water partition coefficient (Wildman–Crippen LogP) is 3.49. The van der Waals surface area contributed by atoms with E-state index >= 15 is 0 Å². The summed E-state index contributed by atoms with van der Waals surface area (Å²) in [7, 11) is -1.53. The lowest BCUT2D eigenvalue weighted by Crippen LogP contribution is -2.44. The number of benzene rings is 2. The van der Waals surface area contributed by atoms with Crippen molar-refractivity contribution < 1.29 is 14.1 Å². The number of aliphatic hydroxyl groups is 1. The molecule has 2 atom stereocenters. The number of nitrogens with one attached hydrogen (secondary N) is 1. The number of hydrogen-bond donors (Lipinski definition) is 2. The monoisotopic (exact) mass is 371 g/mol. The molecule has 0 saturated heterocycles. The van der Waals surface area contributed by atoms with Crippen LogP contribution in [-0.4, -0.2) is 26.6 Å². The van der Waals surface area contributed by atoms with Gasteiger partial charge in [0.25, 0.3) is 5.91 Å². The van der Waals surface area contributed by atoms with Crippen molar-refractivity contribution in [3.8, 4) is 0 Å². The Morgan fingerprint density at radius 3 is 2.09 bits per heavy atom. The summed E-state index contributed by atoms with van der Waals surface area (Å²) in [6.07, 6.45) is 0. The molecule has 0 aliphatic rings. The third-order valence-corrected chi connectivity index (χ3v) is 5.21. The molecule has 0 radical (unpaired) electrons. The van der Waals surface area contributed by atoms with E-state index in [1.807, 2.05) is 0 Å². The Balaban J connectivity index is 2.04. The third-order valence-electron chi connectivity index (χ3n) is 3.08. The second-order valence-corrected chi connectivity index (χ2v) is 7.50. The van der Waals surface area contributed by atoms with E-state index in [0.29, 0.717) is 20.6 Å². The van der Waals surface area contributed by atoms with Gasteiger partial charge in [0.05, 0.1) is 16.6 Å². The lowest BCUT2D eigenvalue weighted by atomic mass is 10.1. The molecule has 4 nitrogen and oxygen atoms in total. The minimum absolute atomic E-state index is 0.228. The molecule has 2 aromatic carbocycles. The number of hydrogen-bond acceptors (Lipinski definition) is 3. The van der Waals surface area contributed by atoms with Gasteiger partial charge in [-0.25, -0.2) is 0 Å². The van der Waals surface area contributed by atoms with E-state index in [1.54, 1.807) is 48.5 Å². The Morgan fingerprint density at radius 2 is 1.57 bits per heavy atom. The van der Waals surface area contributed by atoms with Crippen molar-refractivity contribution in [2.45, 2.75) is 17.4 Å². The first-order valence-corrected chi connectivity index (χ1v) is 8.79. The summed E-state index contributed by atoms with van der Waals surface area (Å²) in [6.45, 7) is 1.33. The van der Waals surface area contributed by atoms with Gasteiger partial charge < -0.3 is 10.4 Å². The van der Waals surface area contributed by atoms with Crippen LogP contribution in [0.3, 0.4) is 0 Å². The van der Waals surface area contributed by atoms with E-state index in [2.05, 4.69) is 5.32 Å². The normalized spacial score (nSPS) is 14.8. The number of carbonyl (C=O) groups excluding carboxylic acids is 1. The maximum atomic E-state index is 12.3. The van der Waals surface area contributed by atoms with E-state index in [4.69, 9.17) is 23.2 Å². The molecule has 0 fully saturated rings. The van der Waals surface area contributed by atoms with Crippen molar-refractivity contribution in [3.05, 3.63) is 58.6 Å². The zero-order valence-electron chi connectivity index (χ0n) is 12.3. The van der Waals surface area contributed by atoms with Crippen LogP contribution in [-0.2, 0) is 15.6 Å². The standard InChI is InChI=1S/C16H15Cl2NO3S/c1-16(21,10-23(22)14-8-4-12(18)5-9-14)15(20)19-13-6-2-11(17)3-7-13/h2-9,21H,10H2,1H3,(H,19,20)/t16-,23+/m0/s1. The molecule has 2 aromatic rings. The third kappa shape index (κ3) is 5.04. The van der Waals surface area contributed by atoms with E-state index in [-0.39, 0.29) is 5.75 Å². The second-order valence-electron chi connectivity index (χ2n) is 5.18. The van der Waals surface area contributed by atoms with Crippen LogP contribution in [0.5, 0.6) is 0 Å². The van der Waals surface area contributed by atoms with E-state index in [1.165, 1.54) is 6.92 Å². The number of halogens is 2. The van der Waals surface area contributed by atoms with Crippen LogP contribution in [0.15, 0.2) is 53.4 Å². The molecule has 2 N–H and O–H groups in total. The number of carbonyl (C=O) groups is 1. The quantitative estimate of drug-likeness (QED) is 0.845. The van der Waals surface area contributed by atoms with Crippen molar-refractivity contribution in [3.63, 3.8) is 0 Å². The Kier molecular flexibility index (Phi) is 5.81. The van der Waals surface area contributed by atoms with Gasteiger partial charge in [0.2, 0.25) is 0 Å². The van der Waals surface area contributed by atoms with Crippen LogP contribution in [0.4, 0.5) is 5.69 Å².